The van der Waals surface area contributed by atoms with Gasteiger partial charge in [0.15, 0.2) is 0 Å². The Balaban J connectivity index is 4.35. The maximum atomic E-state index is 12.8. The van der Waals surface area contributed by atoms with Crippen molar-refractivity contribution in [2.24, 2.45) is 0 Å². The molecule has 3 unspecified atom stereocenters. The van der Waals surface area contributed by atoms with Crippen LogP contribution < -0.4 is 5.32 Å². The topological polar surface area (TPSA) is 105 Å². The number of unbranched alkanes of at least 4 members (excludes halogenated alkanes) is 10. The number of hydrogen-bond acceptors (Lipinski definition) is 5. The van der Waals surface area contributed by atoms with Crippen molar-refractivity contribution in [3.05, 3.63) is 97.2 Å². The van der Waals surface area contributed by atoms with Gasteiger partial charge in [0.05, 0.1) is 39.9 Å². The zero-order valence-electron chi connectivity index (χ0n) is 36.1. The lowest BCUT2D eigenvalue weighted by Gasteiger charge is -2.25. The first-order valence-corrected chi connectivity index (χ1v) is 23.1. The summed E-state index contributed by atoms with van der Waals surface area (Å²) in [5, 5.41) is 13.7. The van der Waals surface area contributed by atoms with Gasteiger partial charge in [0.25, 0.3) is 0 Å². The van der Waals surface area contributed by atoms with E-state index in [1.807, 2.05) is 27.2 Å². The normalized spacial score (nSPS) is 15.3. The fourth-order valence-electron chi connectivity index (χ4n) is 5.35. The Kier molecular flexibility index (Phi) is 36.2. The summed E-state index contributed by atoms with van der Waals surface area (Å²) in [7, 11) is 1.52. The molecule has 0 aliphatic heterocycles. The summed E-state index contributed by atoms with van der Waals surface area (Å²) in [6, 6.07) is -0.875. The highest BCUT2D eigenvalue weighted by atomic mass is 31.2. The number of likely N-dealkylation sites (N-methyl/N-ethyl adjacent to an activating group) is 1. The Bertz CT molecular complexity index is 1230. The van der Waals surface area contributed by atoms with E-state index in [2.05, 4.69) is 104 Å². The Hall–Kier alpha value is -2.58. The average molecular weight is 802 g/mol. The van der Waals surface area contributed by atoms with Crippen molar-refractivity contribution in [1.29, 1.82) is 0 Å². The molecule has 0 aliphatic carbocycles. The van der Waals surface area contributed by atoms with Gasteiger partial charge in [0, 0.05) is 6.42 Å². The van der Waals surface area contributed by atoms with E-state index < -0.39 is 20.0 Å². The van der Waals surface area contributed by atoms with Gasteiger partial charge < -0.3 is 19.8 Å². The number of phosphoric acid groups is 1. The van der Waals surface area contributed by atoms with Crippen LogP contribution in [0.3, 0.4) is 0 Å². The van der Waals surface area contributed by atoms with Gasteiger partial charge in [0.2, 0.25) is 5.91 Å². The number of phosphoric ester groups is 1. The van der Waals surface area contributed by atoms with Crippen LogP contribution in [0.5, 0.6) is 0 Å². The number of aliphatic hydroxyl groups is 1. The van der Waals surface area contributed by atoms with Gasteiger partial charge in [-0.2, -0.15) is 0 Å². The van der Waals surface area contributed by atoms with E-state index in [1.165, 1.54) is 32.1 Å². The van der Waals surface area contributed by atoms with Crippen molar-refractivity contribution in [1.82, 2.24) is 5.32 Å². The molecule has 0 bridgehead atoms. The summed E-state index contributed by atoms with van der Waals surface area (Å²) in [4.78, 5) is 23.0. The van der Waals surface area contributed by atoms with Crippen molar-refractivity contribution in [3.8, 4) is 0 Å². The summed E-state index contributed by atoms with van der Waals surface area (Å²) in [6.45, 7) is 4.57. The molecule has 3 atom stereocenters. The molecule has 1 amide bonds. The van der Waals surface area contributed by atoms with Crippen molar-refractivity contribution in [3.63, 3.8) is 0 Å². The molecule has 0 aliphatic rings. The molecule has 0 radical (unpaired) electrons. The lowest BCUT2D eigenvalue weighted by Crippen LogP contribution is -2.45. The number of amides is 1. The number of allylic oxidation sites excluding steroid dienone is 15. The zero-order valence-corrected chi connectivity index (χ0v) is 37.0. The fraction of sp³-hybridized carbons (Fsp3) is 0.638. The lowest BCUT2D eigenvalue weighted by atomic mass is 10.1. The molecule has 320 valence electrons. The number of carbonyl (C=O) groups excluding carboxylic acids is 1. The monoisotopic (exact) mass is 802 g/mol. The lowest BCUT2D eigenvalue weighted by molar-refractivity contribution is -0.870. The highest BCUT2D eigenvalue weighted by molar-refractivity contribution is 7.47. The van der Waals surface area contributed by atoms with Crippen LogP contribution >= 0.6 is 7.82 Å². The highest BCUT2D eigenvalue weighted by Crippen LogP contribution is 2.43. The molecule has 8 nitrogen and oxygen atoms in total. The van der Waals surface area contributed by atoms with Crippen LogP contribution in [0.4, 0.5) is 0 Å². The van der Waals surface area contributed by atoms with Crippen LogP contribution in [0.2, 0.25) is 0 Å². The maximum absolute atomic E-state index is 12.8. The SMILES string of the molecule is CC/C=C\C/C=C\C/C=C\C/C=C\C/C=C\C/C=C\CCCCCCCCC(=O)NC(COP(=O)(O)OCC[N+](C)(C)C)C(O)/C=C/CC/C=C/CCCCC. The smallest absolute Gasteiger partial charge is 0.387 e. The predicted octanol–water partition coefficient (Wildman–Crippen LogP) is 12.0. The molecular formula is C47H82N2O6P+. The maximum Gasteiger partial charge on any atom is 0.472 e. The van der Waals surface area contributed by atoms with Gasteiger partial charge in [-0.3, -0.25) is 13.8 Å². The summed E-state index contributed by atoms with van der Waals surface area (Å²) >= 11 is 0. The third-order valence-corrected chi connectivity index (χ3v) is 9.77. The van der Waals surface area contributed by atoms with Crippen LogP contribution in [0.25, 0.3) is 0 Å². The van der Waals surface area contributed by atoms with Crippen LogP contribution in [-0.2, 0) is 18.4 Å². The van der Waals surface area contributed by atoms with Crippen LogP contribution in [0, 0.1) is 0 Å². The minimum atomic E-state index is -4.35. The first kappa shape index (κ1) is 53.4. The molecule has 0 saturated heterocycles. The summed E-state index contributed by atoms with van der Waals surface area (Å²) in [5.41, 5.74) is 0. The standard InChI is InChI=1S/C47H81N2O6P/c1-6-8-10-12-14-16-17-18-19-20-21-22-23-24-25-26-27-28-29-30-31-33-35-37-39-41-47(51)48-45(44-55-56(52,53)54-43-42-49(3,4)5)46(50)40-38-36-34-32-15-13-11-9-7-2/h8,10,14-16,18-19,21-22,24-25,27-28,32,38,40,45-46,50H,6-7,9,11-13,17,20,23,26,29-31,33-37,39,41-44H2,1-5H3,(H-,48,51,52,53)/p+1/b10-8-,16-14-,19-18-,22-21-,25-24-,28-27-,32-15+,40-38+. The number of nitrogens with zero attached hydrogens (tertiary/aromatic N) is 1. The molecule has 3 N–H and O–H groups in total. The van der Waals surface area contributed by atoms with E-state index in [1.54, 1.807) is 6.08 Å². The molecule has 9 heteroatoms. The van der Waals surface area contributed by atoms with Crippen LogP contribution in [-0.4, -0.2) is 73.4 Å². The second-order valence-corrected chi connectivity index (χ2v) is 16.8. The Labute approximate surface area is 343 Å². The van der Waals surface area contributed by atoms with E-state index >= 15 is 0 Å². The van der Waals surface area contributed by atoms with Crippen molar-refractivity contribution >= 4 is 13.7 Å². The Morgan fingerprint density at radius 2 is 1.09 bits per heavy atom. The van der Waals surface area contributed by atoms with Crippen molar-refractivity contribution in [2.45, 2.75) is 154 Å². The number of carbonyl (C=O) groups is 1. The van der Waals surface area contributed by atoms with Gasteiger partial charge in [-0.15, -0.1) is 0 Å². The quantitative estimate of drug-likeness (QED) is 0.0250. The number of nitrogens with one attached hydrogen (secondary N) is 1. The molecule has 56 heavy (non-hydrogen) atoms. The molecule has 0 saturated carbocycles. The predicted molar refractivity (Wildman–Crippen MR) is 239 cm³/mol. The van der Waals surface area contributed by atoms with Crippen molar-refractivity contribution < 1.29 is 32.9 Å². The summed E-state index contributed by atoms with van der Waals surface area (Å²) < 4.78 is 23.4. The van der Waals surface area contributed by atoms with Gasteiger partial charge >= 0.3 is 7.82 Å². The van der Waals surface area contributed by atoms with E-state index in [9.17, 15) is 19.4 Å². The Morgan fingerprint density at radius 3 is 1.64 bits per heavy atom. The molecule has 0 heterocycles. The second-order valence-electron chi connectivity index (χ2n) is 15.3. The van der Waals surface area contributed by atoms with Crippen LogP contribution in [0.1, 0.15) is 142 Å². The Morgan fingerprint density at radius 1 is 0.625 bits per heavy atom. The van der Waals surface area contributed by atoms with Gasteiger partial charge in [0.1, 0.15) is 13.2 Å². The number of rotatable bonds is 37. The fourth-order valence-corrected chi connectivity index (χ4v) is 6.09. The third kappa shape index (κ3) is 39.6. The summed E-state index contributed by atoms with van der Waals surface area (Å²) in [6.07, 6.45) is 53.5. The minimum absolute atomic E-state index is 0.0469. The zero-order chi connectivity index (χ0) is 41.4. The number of aliphatic hydroxyl groups excluding tert-OH is 1. The molecule has 0 aromatic carbocycles. The first-order valence-electron chi connectivity index (χ1n) is 21.6. The third-order valence-electron chi connectivity index (χ3n) is 8.79. The van der Waals surface area contributed by atoms with E-state index in [4.69, 9.17) is 9.05 Å². The average Bonchev–Trinajstić information content (AvgIpc) is 3.15. The molecule has 0 spiro atoms. The number of hydrogen-bond donors (Lipinski definition) is 3. The molecule has 0 fully saturated rings. The van der Waals surface area contributed by atoms with Crippen LogP contribution in [0.15, 0.2) is 97.2 Å². The largest absolute Gasteiger partial charge is 0.472 e. The van der Waals surface area contributed by atoms with E-state index in [0.717, 1.165) is 89.9 Å². The van der Waals surface area contributed by atoms with E-state index in [0.29, 0.717) is 17.4 Å². The molecule has 0 aromatic heterocycles. The minimum Gasteiger partial charge on any atom is -0.387 e. The molecule has 0 aromatic rings. The summed E-state index contributed by atoms with van der Waals surface area (Å²) in [5.74, 6) is -0.211. The molecular weight excluding hydrogens is 719 g/mol. The highest BCUT2D eigenvalue weighted by Gasteiger charge is 2.27. The van der Waals surface area contributed by atoms with Gasteiger partial charge in [-0.05, 0) is 83.5 Å². The van der Waals surface area contributed by atoms with E-state index in [-0.39, 0.29) is 19.1 Å². The number of quaternary nitrogens is 1. The first-order chi connectivity index (χ1) is 27.0. The van der Waals surface area contributed by atoms with Gasteiger partial charge in [-0.25, -0.2) is 4.57 Å². The van der Waals surface area contributed by atoms with Gasteiger partial charge in [-0.1, -0.05) is 150 Å². The van der Waals surface area contributed by atoms with Crippen molar-refractivity contribution in [2.75, 3.05) is 40.9 Å². The molecule has 0 rings (SSSR count). The second kappa shape index (κ2) is 38.0.